The van der Waals surface area contributed by atoms with E-state index in [0.29, 0.717) is 30.9 Å². The Labute approximate surface area is 186 Å². The monoisotopic (exact) mass is 458 g/mol. The molecular weight excluding hydrogens is 432 g/mol. The summed E-state index contributed by atoms with van der Waals surface area (Å²) in [6.45, 7) is 2.76. The molecule has 0 radical (unpaired) electrons. The van der Waals surface area contributed by atoms with Gasteiger partial charge in [0.1, 0.15) is 0 Å². The van der Waals surface area contributed by atoms with Crippen molar-refractivity contribution in [1.29, 1.82) is 0 Å². The van der Waals surface area contributed by atoms with Gasteiger partial charge in [0, 0.05) is 36.7 Å². The van der Waals surface area contributed by atoms with Crippen molar-refractivity contribution in [3.63, 3.8) is 0 Å². The second-order valence-electron chi connectivity index (χ2n) is 8.15. The van der Waals surface area contributed by atoms with Crippen molar-refractivity contribution >= 4 is 33.6 Å². The molecule has 1 aromatic carbocycles. The van der Waals surface area contributed by atoms with Crippen molar-refractivity contribution in [2.75, 3.05) is 23.1 Å². The van der Waals surface area contributed by atoms with Crippen LogP contribution >= 0.6 is 0 Å². The molecule has 2 fully saturated rings. The largest absolute Gasteiger partial charge is 0.335 e. The van der Waals surface area contributed by atoms with E-state index in [9.17, 15) is 18.0 Å². The number of carbonyl (C=O) groups is 2. The number of anilines is 2. The van der Waals surface area contributed by atoms with Crippen molar-refractivity contribution in [2.45, 2.75) is 43.5 Å². The molecule has 1 saturated heterocycles. The van der Waals surface area contributed by atoms with Gasteiger partial charge >= 0.3 is 6.03 Å². The van der Waals surface area contributed by atoms with Crippen molar-refractivity contribution in [3.8, 4) is 0 Å². The minimum atomic E-state index is -3.86. The highest BCUT2D eigenvalue weighted by atomic mass is 32.2. The Kier molecular flexibility index (Phi) is 6.26. The summed E-state index contributed by atoms with van der Waals surface area (Å²) in [5.74, 6) is -0.497. The van der Waals surface area contributed by atoms with Crippen LogP contribution in [0.4, 0.5) is 16.4 Å². The lowest BCUT2D eigenvalue weighted by molar-refractivity contribution is -0.121. The predicted octanol–water partition coefficient (Wildman–Crippen LogP) is 2.11. The number of amides is 3. The number of carbonyl (C=O) groups excluding carboxylic acids is 2. The average molecular weight is 459 g/mol. The highest BCUT2D eigenvalue weighted by Gasteiger charge is 2.31. The summed E-state index contributed by atoms with van der Waals surface area (Å²) in [6, 6.07) is 7.71. The molecule has 2 aliphatic rings. The first-order valence-corrected chi connectivity index (χ1v) is 12.1. The molecule has 4 rings (SSSR count). The van der Waals surface area contributed by atoms with E-state index < -0.39 is 10.0 Å². The van der Waals surface area contributed by atoms with Gasteiger partial charge in [0.15, 0.2) is 0 Å². The van der Waals surface area contributed by atoms with Crippen molar-refractivity contribution in [3.05, 3.63) is 42.2 Å². The first-order valence-electron chi connectivity index (χ1n) is 10.6. The standard InChI is InChI=1S/C21H26N6O4S/c1-14-10-11-22-20(23-14)26-32(30,31)18-8-6-16(7-9-18)24-19(28)15-3-2-12-27(13-15)21(29)25-17-4-5-17/h6-11,15,17H,2-5,12-13H2,1H3,(H,24,28)(H,25,29)(H,22,23,26). The highest BCUT2D eigenvalue weighted by molar-refractivity contribution is 7.92. The van der Waals surface area contributed by atoms with E-state index >= 15 is 0 Å². The van der Waals surface area contributed by atoms with E-state index in [4.69, 9.17) is 0 Å². The predicted molar refractivity (Wildman–Crippen MR) is 118 cm³/mol. The number of aromatic nitrogens is 2. The maximum absolute atomic E-state index is 12.7. The highest BCUT2D eigenvalue weighted by Crippen LogP contribution is 2.23. The fourth-order valence-corrected chi connectivity index (χ4v) is 4.46. The van der Waals surface area contributed by atoms with Gasteiger partial charge < -0.3 is 15.5 Å². The second kappa shape index (κ2) is 9.11. The first kappa shape index (κ1) is 22.0. The summed E-state index contributed by atoms with van der Waals surface area (Å²) in [5.41, 5.74) is 1.13. The molecule has 1 aliphatic carbocycles. The van der Waals surface area contributed by atoms with Gasteiger partial charge in [0.05, 0.1) is 10.8 Å². The molecular formula is C21H26N6O4S. The summed E-state index contributed by atoms with van der Waals surface area (Å²) in [6.07, 6.45) is 4.97. The first-order chi connectivity index (χ1) is 15.3. The molecule has 1 atom stereocenters. The molecule has 1 unspecified atom stereocenters. The number of rotatable bonds is 6. The van der Waals surface area contributed by atoms with Crippen LogP contribution in [0.5, 0.6) is 0 Å². The third-order valence-corrected chi connectivity index (χ3v) is 6.78. The van der Waals surface area contributed by atoms with Gasteiger partial charge in [-0.2, -0.15) is 0 Å². The minimum absolute atomic E-state index is 0.00467. The zero-order valence-electron chi connectivity index (χ0n) is 17.7. The van der Waals surface area contributed by atoms with Crippen molar-refractivity contribution in [2.24, 2.45) is 5.92 Å². The molecule has 1 aliphatic heterocycles. The lowest BCUT2D eigenvalue weighted by Crippen LogP contribution is -2.48. The summed E-state index contributed by atoms with van der Waals surface area (Å²) < 4.78 is 27.4. The van der Waals surface area contributed by atoms with E-state index in [-0.39, 0.29) is 34.7 Å². The number of hydrogen-bond donors (Lipinski definition) is 3. The molecule has 10 nitrogen and oxygen atoms in total. The van der Waals surface area contributed by atoms with Crippen LogP contribution in [-0.4, -0.2) is 54.4 Å². The summed E-state index contributed by atoms with van der Waals surface area (Å²) in [4.78, 5) is 34.6. The number of benzene rings is 1. The zero-order valence-corrected chi connectivity index (χ0v) is 18.6. The van der Waals surface area contributed by atoms with Crippen LogP contribution in [0, 0.1) is 12.8 Å². The number of aryl methyl sites for hydroxylation is 1. The quantitative estimate of drug-likeness (QED) is 0.607. The van der Waals surface area contributed by atoms with Crippen LogP contribution < -0.4 is 15.4 Å². The molecule has 2 heterocycles. The smallest absolute Gasteiger partial charge is 0.317 e. The fraction of sp³-hybridized carbons (Fsp3) is 0.429. The minimum Gasteiger partial charge on any atom is -0.335 e. The molecule has 1 saturated carbocycles. The fourth-order valence-electron chi connectivity index (χ4n) is 3.51. The number of nitrogens with zero attached hydrogens (tertiary/aromatic N) is 3. The van der Waals surface area contributed by atoms with Crippen LogP contribution in [0.1, 0.15) is 31.4 Å². The third-order valence-electron chi connectivity index (χ3n) is 5.44. The van der Waals surface area contributed by atoms with Crippen molar-refractivity contribution in [1.82, 2.24) is 20.2 Å². The Morgan fingerprint density at radius 2 is 1.84 bits per heavy atom. The normalized spacial score (nSPS) is 18.7. The van der Waals surface area contributed by atoms with Crippen LogP contribution in [0.2, 0.25) is 0 Å². The SMILES string of the molecule is Cc1ccnc(NS(=O)(=O)c2ccc(NC(=O)C3CCCN(C(=O)NC4CC4)C3)cc2)n1. The second-order valence-corrected chi connectivity index (χ2v) is 9.83. The molecule has 0 spiro atoms. The third kappa shape index (κ3) is 5.52. The summed E-state index contributed by atoms with van der Waals surface area (Å²) >= 11 is 0. The molecule has 3 amide bonds. The Bertz CT molecular complexity index is 1100. The van der Waals surface area contributed by atoms with E-state index in [0.717, 1.165) is 19.3 Å². The van der Waals surface area contributed by atoms with Crippen molar-refractivity contribution < 1.29 is 18.0 Å². The van der Waals surface area contributed by atoms with E-state index in [1.165, 1.54) is 30.5 Å². The van der Waals surface area contributed by atoms with E-state index in [2.05, 4.69) is 25.3 Å². The van der Waals surface area contributed by atoms with Crippen LogP contribution in [0.15, 0.2) is 41.4 Å². The van der Waals surface area contributed by atoms with E-state index in [1.807, 2.05) is 0 Å². The Morgan fingerprint density at radius 1 is 1.09 bits per heavy atom. The Hall–Kier alpha value is -3.21. The molecule has 3 N–H and O–H groups in total. The van der Waals surface area contributed by atoms with Gasteiger partial charge in [0.25, 0.3) is 10.0 Å². The van der Waals surface area contributed by atoms with Gasteiger partial charge in [-0.25, -0.2) is 27.9 Å². The van der Waals surface area contributed by atoms with Gasteiger partial charge in [-0.3, -0.25) is 4.79 Å². The average Bonchev–Trinajstić information content (AvgIpc) is 3.58. The molecule has 1 aromatic heterocycles. The van der Waals surface area contributed by atoms with Crippen LogP contribution in [-0.2, 0) is 14.8 Å². The van der Waals surface area contributed by atoms with Gasteiger partial charge in [-0.05, 0) is 62.9 Å². The van der Waals surface area contributed by atoms with Crippen LogP contribution in [0.25, 0.3) is 0 Å². The summed E-state index contributed by atoms with van der Waals surface area (Å²) in [7, 11) is -3.86. The van der Waals surface area contributed by atoms with Gasteiger partial charge in [-0.1, -0.05) is 0 Å². The lowest BCUT2D eigenvalue weighted by Gasteiger charge is -2.32. The van der Waals surface area contributed by atoms with Gasteiger partial charge in [0.2, 0.25) is 11.9 Å². The Morgan fingerprint density at radius 3 is 2.53 bits per heavy atom. The van der Waals surface area contributed by atoms with E-state index in [1.54, 1.807) is 17.9 Å². The molecule has 2 aromatic rings. The number of sulfonamides is 1. The lowest BCUT2D eigenvalue weighted by atomic mass is 9.97. The molecule has 0 bridgehead atoms. The summed E-state index contributed by atoms with van der Waals surface area (Å²) in [5, 5.41) is 5.78. The molecule has 170 valence electrons. The molecule has 11 heteroatoms. The maximum atomic E-state index is 12.7. The van der Waals surface area contributed by atoms with Crippen LogP contribution in [0.3, 0.4) is 0 Å². The Balaban J connectivity index is 1.35. The number of hydrogen-bond acceptors (Lipinski definition) is 6. The number of nitrogens with one attached hydrogen (secondary N) is 3. The number of likely N-dealkylation sites (tertiary alicyclic amines) is 1. The number of urea groups is 1. The number of piperidine rings is 1. The topological polar surface area (TPSA) is 133 Å². The molecule has 32 heavy (non-hydrogen) atoms. The van der Waals surface area contributed by atoms with Gasteiger partial charge in [-0.15, -0.1) is 0 Å². The maximum Gasteiger partial charge on any atom is 0.317 e. The zero-order chi connectivity index (χ0) is 22.7.